The predicted molar refractivity (Wildman–Crippen MR) is 76.9 cm³/mol. The summed E-state index contributed by atoms with van der Waals surface area (Å²) in [6.45, 7) is 3.01. The monoisotopic (exact) mass is 264 g/mol. The number of rotatable bonds is 7. The maximum absolute atomic E-state index is 5.37. The van der Waals surface area contributed by atoms with E-state index in [9.17, 15) is 0 Å². The van der Waals surface area contributed by atoms with Crippen LogP contribution in [0.15, 0.2) is 18.2 Å². The van der Waals surface area contributed by atoms with Crippen molar-refractivity contribution in [2.75, 3.05) is 27.3 Å². The Balaban J connectivity index is 1.80. The van der Waals surface area contributed by atoms with Crippen LogP contribution in [-0.4, -0.2) is 33.4 Å². The van der Waals surface area contributed by atoms with Gasteiger partial charge in [-0.2, -0.15) is 0 Å². The molecule has 106 valence electrons. The Morgan fingerprint density at radius 2 is 2.21 bits per heavy atom. The highest BCUT2D eigenvalue weighted by Gasteiger charge is 2.13. The van der Waals surface area contributed by atoms with Gasteiger partial charge in [0.25, 0.3) is 0 Å². The van der Waals surface area contributed by atoms with Crippen LogP contribution in [-0.2, 0) is 6.54 Å². The lowest BCUT2D eigenvalue weighted by molar-refractivity contribution is 0.396. The number of benzene rings is 1. The molecule has 0 radical (unpaired) electrons. The molecule has 2 N–H and O–H groups in total. The van der Waals surface area contributed by atoms with Gasteiger partial charge in [0.1, 0.15) is 11.5 Å². The van der Waals surface area contributed by atoms with E-state index in [1.165, 1.54) is 25.8 Å². The summed E-state index contributed by atoms with van der Waals surface area (Å²) in [4.78, 5) is 0. The van der Waals surface area contributed by atoms with Crippen LogP contribution in [0, 0.1) is 0 Å². The molecule has 0 bridgehead atoms. The van der Waals surface area contributed by atoms with Gasteiger partial charge in [-0.25, -0.2) is 0 Å². The third-order valence-corrected chi connectivity index (χ3v) is 3.63. The minimum atomic E-state index is 0.694. The molecule has 0 spiro atoms. The topological polar surface area (TPSA) is 42.5 Å². The van der Waals surface area contributed by atoms with Crippen LogP contribution in [0.1, 0.15) is 24.8 Å². The maximum Gasteiger partial charge on any atom is 0.123 e. The van der Waals surface area contributed by atoms with E-state index in [0.29, 0.717) is 6.04 Å². The van der Waals surface area contributed by atoms with Gasteiger partial charge in [0.2, 0.25) is 0 Å². The zero-order valence-corrected chi connectivity index (χ0v) is 11.9. The Hall–Kier alpha value is -1.26. The molecule has 1 aromatic carbocycles. The fraction of sp³-hybridized carbons (Fsp3) is 0.600. The number of hydrogen-bond acceptors (Lipinski definition) is 4. The Kier molecular flexibility index (Phi) is 5.48. The minimum Gasteiger partial charge on any atom is -0.497 e. The first-order chi connectivity index (χ1) is 9.33. The van der Waals surface area contributed by atoms with Gasteiger partial charge >= 0.3 is 0 Å². The smallest absolute Gasteiger partial charge is 0.123 e. The van der Waals surface area contributed by atoms with Crippen molar-refractivity contribution >= 4 is 0 Å². The summed E-state index contributed by atoms with van der Waals surface area (Å²) in [5.41, 5.74) is 1.14. The fourth-order valence-electron chi connectivity index (χ4n) is 2.52. The van der Waals surface area contributed by atoms with Crippen LogP contribution >= 0.6 is 0 Å². The van der Waals surface area contributed by atoms with E-state index in [0.717, 1.165) is 30.2 Å². The molecular formula is C15H24N2O2. The number of hydrogen-bond donors (Lipinski definition) is 2. The first kappa shape index (κ1) is 14.2. The number of methoxy groups -OCH3 is 2. The summed E-state index contributed by atoms with van der Waals surface area (Å²) in [6.07, 6.45) is 3.81. The van der Waals surface area contributed by atoms with Gasteiger partial charge in [-0.05, 0) is 50.6 Å². The van der Waals surface area contributed by atoms with Gasteiger partial charge in [-0.15, -0.1) is 0 Å². The molecule has 0 saturated carbocycles. The van der Waals surface area contributed by atoms with Crippen LogP contribution in [0.4, 0.5) is 0 Å². The predicted octanol–water partition coefficient (Wildman–Crippen LogP) is 1.94. The normalized spacial score (nSPS) is 18.5. The molecule has 1 saturated heterocycles. The lowest BCUT2D eigenvalue weighted by Gasteiger charge is -2.13. The van der Waals surface area contributed by atoms with E-state index >= 15 is 0 Å². The second-order valence-corrected chi connectivity index (χ2v) is 4.94. The van der Waals surface area contributed by atoms with Crippen molar-refractivity contribution in [1.29, 1.82) is 0 Å². The highest BCUT2D eigenvalue weighted by atomic mass is 16.5. The summed E-state index contributed by atoms with van der Waals surface area (Å²) >= 11 is 0. The van der Waals surface area contributed by atoms with Gasteiger partial charge in [0, 0.05) is 18.2 Å². The Labute approximate surface area is 115 Å². The summed E-state index contributed by atoms with van der Waals surface area (Å²) in [7, 11) is 3.39. The molecule has 1 aromatic rings. The first-order valence-corrected chi connectivity index (χ1v) is 6.98. The lowest BCUT2D eigenvalue weighted by atomic mass is 10.1. The SMILES string of the molecule is COc1ccc(OC)c(CNCCC2CCCN2)c1. The lowest BCUT2D eigenvalue weighted by Crippen LogP contribution is -2.26. The Morgan fingerprint density at radius 1 is 1.32 bits per heavy atom. The largest absolute Gasteiger partial charge is 0.497 e. The molecule has 19 heavy (non-hydrogen) atoms. The second-order valence-electron chi connectivity index (χ2n) is 4.94. The Morgan fingerprint density at radius 3 is 2.89 bits per heavy atom. The standard InChI is InChI=1S/C15H24N2O2/c1-18-14-5-6-15(19-2)12(10-14)11-16-9-7-13-4-3-8-17-13/h5-6,10,13,16-17H,3-4,7-9,11H2,1-2H3. The second kappa shape index (κ2) is 7.36. The van der Waals surface area contributed by atoms with E-state index < -0.39 is 0 Å². The van der Waals surface area contributed by atoms with Crippen molar-refractivity contribution < 1.29 is 9.47 Å². The Bertz CT molecular complexity index is 390. The van der Waals surface area contributed by atoms with Crippen molar-refractivity contribution in [3.63, 3.8) is 0 Å². The zero-order chi connectivity index (χ0) is 13.5. The van der Waals surface area contributed by atoms with Gasteiger partial charge in [-0.1, -0.05) is 0 Å². The van der Waals surface area contributed by atoms with Crippen molar-refractivity contribution in [1.82, 2.24) is 10.6 Å². The molecule has 0 aliphatic carbocycles. The molecule has 1 unspecified atom stereocenters. The zero-order valence-electron chi connectivity index (χ0n) is 11.9. The third kappa shape index (κ3) is 4.11. The minimum absolute atomic E-state index is 0.694. The molecular weight excluding hydrogens is 240 g/mol. The molecule has 1 aliphatic rings. The van der Waals surface area contributed by atoms with Gasteiger partial charge in [0.05, 0.1) is 14.2 Å². The molecule has 1 heterocycles. The van der Waals surface area contributed by atoms with E-state index in [2.05, 4.69) is 10.6 Å². The van der Waals surface area contributed by atoms with Gasteiger partial charge < -0.3 is 20.1 Å². The average molecular weight is 264 g/mol. The highest BCUT2D eigenvalue weighted by molar-refractivity contribution is 5.40. The maximum atomic E-state index is 5.37. The van der Waals surface area contributed by atoms with Crippen LogP contribution in [0.2, 0.25) is 0 Å². The molecule has 2 rings (SSSR count). The van der Waals surface area contributed by atoms with E-state index in [1.807, 2.05) is 18.2 Å². The van der Waals surface area contributed by atoms with E-state index in [-0.39, 0.29) is 0 Å². The number of ether oxygens (including phenoxy) is 2. The fourth-order valence-corrected chi connectivity index (χ4v) is 2.52. The summed E-state index contributed by atoms with van der Waals surface area (Å²) < 4.78 is 10.6. The molecule has 0 amide bonds. The average Bonchev–Trinajstić information content (AvgIpc) is 2.96. The van der Waals surface area contributed by atoms with Crippen LogP contribution in [0.25, 0.3) is 0 Å². The highest BCUT2D eigenvalue weighted by Crippen LogP contribution is 2.23. The quantitative estimate of drug-likeness (QED) is 0.739. The summed E-state index contributed by atoms with van der Waals surface area (Å²) in [6, 6.07) is 6.60. The third-order valence-electron chi connectivity index (χ3n) is 3.63. The summed E-state index contributed by atoms with van der Waals surface area (Å²) in [5.74, 6) is 1.78. The first-order valence-electron chi connectivity index (χ1n) is 6.98. The molecule has 0 aromatic heterocycles. The van der Waals surface area contributed by atoms with E-state index in [1.54, 1.807) is 14.2 Å². The van der Waals surface area contributed by atoms with Crippen LogP contribution in [0.5, 0.6) is 11.5 Å². The molecule has 1 atom stereocenters. The van der Waals surface area contributed by atoms with Gasteiger partial charge in [0.15, 0.2) is 0 Å². The van der Waals surface area contributed by atoms with Crippen LogP contribution in [0.3, 0.4) is 0 Å². The van der Waals surface area contributed by atoms with Gasteiger partial charge in [-0.3, -0.25) is 0 Å². The molecule has 4 nitrogen and oxygen atoms in total. The van der Waals surface area contributed by atoms with Crippen molar-refractivity contribution in [2.45, 2.75) is 31.8 Å². The summed E-state index contributed by atoms with van der Waals surface area (Å²) in [5, 5.41) is 6.99. The molecule has 1 aliphatic heterocycles. The molecule has 1 fully saturated rings. The van der Waals surface area contributed by atoms with E-state index in [4.69, 9.17) is 9.47 Å². The van der Waals surface area contributed by atoms with Crippen LogP contribution < -0.4 is 20.1 Å². The number of nitrogens with one attached hydrogen (secondary N) is 2. The van der Waals surface area contributed by atoms with Crippen molar-refractivity contribution in [2.24, 2.45) is 0 Å². The molecule has 4 heteroatoms. The van der Waals surface area contributed by atoms with Crippen molar-refractivity contribution in [3.05, 3.63) is 23.8 Å². The van der Waals surface area contributed by atoms with Crippen molar-refractivity contribution in [3.8, 4) is 11.5 Å².